The molecule has 0 N–H and O–H groups in total. The maximum atomic E-state index is 14.5. The first-order valence-electron chi connectivity index (χ1n) is 6.07. The van der Waals surface area contributed by atoms with Gasteiger partial charge in [0, 0.05) is 17.0 Å². The fourth-order valence-corrected chi connectivity index (χ4v) is 2.62. The predicted molar refractivity (Wildman–Crippen MR) is 68.6 cm³/mol. The molecule has 2 aromatic carbocycles. The second-order valence-electron chi connectivity index (χ2n) is 4.69. The van der Waals surface area contributed by atoms with Gasteiger partial charge >= 0.3 is 0 Å². The summed E-state index contributed by atoms with van der Waals surface area (Å²) in [6.07, 6.45) is -1.13. The smallest absolute Gasteiger partial charge is 0.193 e. The molecule has 0 radical (unpaired) electrons. The maximum Gasteiger partial charge on any atom is 0.193 e. The third kappa shape index (κ3) is 1.49. The monoisotopic (exact) mass is 240 g/mol. The molecule has 2 unspecified atom stereocenters. The lowest BCUT2D eigenvalue weighted by atomic mass is 9.92. The number of hydrogen-bond acceptors (Lipinski definition) is 1. The van der Waals surface area contributed by atoms with Crippen molar-refractivity contribution in [3.63, 3.8) is 0 Å². The maximum absolute atomic E-state index is 14.5. The van der Waals surface area contributed by atoms with Crippen LogP contribution >= 0.6 is 0 Å². The Kier molecular flexibility index (Phi) is 2.51. The average Bonchev–Trinajstić information content (AvgIpc) is 2.51. The van der Waals surface area contributed by atoms with Crippen LogP contribution in [0.2, 0.25) is 0 Å². The van der Waals surface area contributed by atoms with Crippen molar-refractivity contribution in [3.05, 3.63) is 70.8 Å². The topological polar surface area (TPSA) is 17.1 Å². The predicted octanol–water partition coefficient (Wildman–Crippen LogP) is 4.05. The summed E-state index contributed by atoms with van der Waals surface area (Å²) < 4.78 is 14.5. The van der Waals surface area contributed by atoms with Gasteiger partial charge in [0.15, 0.2) is 5.78 Å². The number of hydrogen-bond donors (Lipinski definition) is 0. The van der Waals surface area contributed by atoms with E-state index >= 15 is 0 Å². The summed E-state index contributed by atoms with van der Waals surface area (Å²) in [7, 11) is 0. The van der Waals surface area contributed by atoms with Crippen molar-refractivity contribution < 1.29 is 9.18 Å². The minimum absolute atomic E-state index is 0.0757. The van der Waals surface area contributed by atoms with Crippen molar-refractivity contribution in [2.75, 3.05) is 0 Å². The number of alkyl halides is 1. The zero-order valence-corrected chi connectivity index (χ0v) is 10.1. The SMILES string of the molecule is CC1c2ccccc2C(=O)c2ccccc2C1F. The van der Waals surface area contributed by atoms with Crippen molar-refractivity contribution in [3.8, 4) is 0 Å². The van der Waals surface area contributed by atoms with Crippen molar-refractivity contribution in [1.82, 2.24) is 0 Å². The Morgan fingerprint density at radius 2 is 1.39 bits per heavy atom. The number of carbonyl (C=O) groups excluding carboxylic acids is 1. The van der Waals surface area contributed by atoms with Crippen LogP contribution in [0.4, 0.5) is 4.39 Å². The minimum atomic E-state index is -1.13. The molecule has 1 nitrogen and oxygen atoms in total. The van der Waals surface area contributed by atoms with Gasteiger partial charge in [-0.25, -0.2) is 4.39 Å². The molecule has 0 saturated heterocycles. The summed E-state index contributed by atoms with van der Waals surface area (Å²) in [6, 6.07) is 14.3. The molecule has 1 aliphatic carbocycles. The quantitative estimate of drug-likeness (QED) is 0.679. The molecule has 3 rings (SSSR count). The Morgan fingerprint density at radius 1 is 0.889 bits per heavy atom. The van der Waals surface area contributed by atoms with E-state index in [4.69, 9.17) is 0 Å². The Balaban J connectivity index is 2.31. The van der Waals surface area contributed by atoms with Gasteiger partial charge in [-0.3, -0.25) is 4.79 Å². The molecular formula is C16H13FO. The molecule has 1 aliphatic rings. The van der Waals surface area contributed by atoms with Crippen LogP contribution in [0.5, 0.6) is 0 Å². The highest BCUT2D eigenvalue weighted by molar-refractivity contribution is 6.11. The molecule has 2 aromatic rings. The number of fused-ring (bicyclic) bond motifs is 2. The average molecular weight is 240 g/mol. The van der Waals surface area contributed by atoms with Gasteiger partial charge in [0.1, 0.15) is 6.17 Å². The molecule has 0 bridgehead atoms. The van der Waals surface area contributed by atoms with E-state index in [-0.39, 0.29) is 11.7 Å². The van der Waals surface area contributed by atoms with Gasteiger partial charge in [0.2, 0.25) is 0 Å². The molecule has 2 heteroatoms. The van der Waals surface area contributed by atoms with Gasteiger partial charge in [0.25, 0.3) is 0 Å². The molecule has 0 aliphatic heterocycles. The van der Waals surface area contributed by atoms with Gasteiger partial charge in [-0.05, 0) is 11.1 Å². The second kappa shape index (κ2) is 4.05. The molecule has 0 heterocycles. The normalized spacial score (nSPS) is 22.0. The Labute approximate surface area is 105 Å². The molecule has 0 aromatic heterocycles. The Hall–Kier alpha value is -1.96. The highest BCUT2D eigenvalue weighted by Gasteiger charge is 2.31. The van der Waals surface area contributed by atoms with Gasteiger partial charge in [-0.2, -0.15) is 0 Å². The van der Waals surface area contributed by atoms with E-state index in [9.17, 15) is 9.18 Å². The summed E-state index contributed by atoms with van der Waals surface area (Å²) in [5, 5.41) is 0. The second-order valence-corrected chi connectivity index (χ2v) is 4.69. The lowest BCUT2D eigenvalue weighted by Crippen LogP contribution is -2.03. The summed E-state index contributed by atoms with van der Waals surface area (Å²) in [5.41, 5.74) is 2.41. The summed E-state index contributed by atoms with van der Waals surface area (Å²) in [5.74, 6) is -0.373. The Morgan fingerprint density at radius 3 is 2.06 bits per heavy atom. The fourth-order valence-electron chi connectivity index (χ4n) is 2.62. The molecule has 2 atom stereocenters. The van der Waals surface area contributed by atoms with E-state index in [0.717, 1.165) is 5.56 Å². The van der Waals surface area contributed by atoms with E-state index in [0.29, 0.717) is 16.7 Å². The van der Waals surface area contributed by atoms with E-state index in [2.05, 4.69) is 0 Å². The van der Waals surface area contributed by atoms with E-state index < -0.39 is 6.17 Å². The van der Waals surface area contributed by atoms with Crippen LogP contribution in [-0.4, -0.2) is 5.78 Å². The molecular weight excluding hydrogens is 227 g/mol. The van der Waals surface area contributed by atoms with Crippen molar-refractivity contribution in [2.24, 2.45) is 0 Å². The number of carbonyl (C=O) groups is 1. The summed E-state index contributed by atoms with van der Waals surface area (Å²) >= 11 is 0. The van der Waals surface area contributed by atoms with E-state index in [1.54, 1.807) is 30.3 Å². The zero-order chi connectivity index (χ0) is 12.7. The number of ketones is 1. The van der Waals surface area contributed by atoms with Crippen LogP contribution in [0.25, 0.3) is 0 Å². The largest absolute Gasteiger partial charge is 0.289 e. The van der Waals surface area contributed by atoms with Crippen LogP contribution in [0, 0.1) is 0 Å². The molecule has 0 saturated carbocycles. The van der Waals surface area contributed by atoms with Gasteiger partial charge in [0.05, 0.1) is 0 Å². The first-order valence-corrected chi connectivity index (χ1v) is 6.07. The summed E-state index contributed by atoms with van der Waals surface area (Å²) in [4.78, 5) is 12.5. The number of halogens is 1. The van der Waals surface area contributed by atoms with Crippen molar-refractivity contribution >= 4 is 5.78 Å². The lowest BCUT2D eigenvalue weighted by Gasteiger charge is -2.16. The van der Waals surface area contributed by atoms with Gasteiger partial charge in [-0.15, -0.1) is 0 Å². The third-order valence-corrected chi connectivity index (χ3v) is 3.64. The Bertz CT molecular complexity index is 564. The fraction of sp³-hybridized carbons (Fsp3) is 0.188. The highest BCUT2D eigenvalue weighted by Crippen LogP contribution is 2.40. The lowest BCUT2D eigenvalue weighted by molar-refractivity contribution is 0.103. The van der Waals surface area contributed by atoms with Crippen LogP contribution in [-0.2, 0) is 0 Å². The highest BCUT2D eigenvalue weighted by atomic mass is 19.1. The van der Waals surface area contributed by atoms with Crippen molar-refractivity contribution in [1.29, 1.82) is 0 Å². The molecule has 0 spiro atoms. The zero-order valence-electron chi connectivity index (χ0n) is 10.1. The van der Waals surface area contributed by atoms with Gasteiger partial charge in [-0.1, -0.05) is 55.5 Å². The van der Waals surface area contributed by atoms with E-state index in [1.807, 2.05) is 25.1 Å². The first-order chi connectivity index (χ1) is 8.70. The van der Waals surface area contributed by atoms with Crippen LogP contribution in [0.1, 0.15) is 46.1 Å². The van der Waals surface area contributed by atoms with Crippen LogP contribution < -0.4 is 0 Å². The van der Waals surface area contributed by atoms with Crippen molar-refractivity contribution in [2.45, 2.75) is 19.0 Å². The molecule has 18 heavy (non-hydrogen) atoms. The molecule has 0 amide bonds. The number of rotatable bonds is 0. The van der Waals surface area contributed by atoms with Crippen LogP contribution in [0.15, 0.2) is 48.5 Å². The standard InChI is InChI=1S/C16H13FO/c1-10-11-6-2-4-8-13(11)16(18)14-9-5-3-7-12(14)15(10)17/h2-10,15H,1H3. The molecule has 90 valence electrons. The first kappa shape index (κ1) is 11.1. The summed E-state index contributed by atoms with van der Waals surface area (Å²) in [6.45, 7) is 1.83. The van der Waals surface area contributed by atoms with E-state index in [1.165, 1.54) is 0 Å². The minimum Gasteiger partial charge on any atom is -0.289 e. The third-order valence-electron chi connectivity index (χ3n) is 3.64. The molecule has 0 fully saturated rings. The van der Waals surface area contributed by atoms with Crippen LogP contribution in [0.3, 0.4) is 0 Å². The number of benzene rings is 2. The van der Waals surface area contributed by atoms with Gasteiger partial charge < -0.3 is 0 Å².